The first-order valence-electron chi connectivity index (χ1n) is 7.47. The number of hydrogen-bond donors (Lipinski definition) is 1. The van der Waals surface area contributed by atoms with Gasteiger partial charge in [0.15, 0.2) is 0 Å². The van der Waals surface area contributed by atoms with Crippen LogP contribution in [0.5, 0.6) is 0 Å². The Morgan fingerprint density at radius 1 is 1.13 bits per heavy atom. The molecular weight excluding hydrogens is 328 g/mol. The van der Waals surface area contributed by atoms with Gasteiger partial charge in [-0.05, 0) is 49.2 Å². The summed E-state index contributed by atoms with van der Waals surface area (Å²) in [5.74, 6) is 0. The van der Waals surface area contributed by atoms with Crippen molar-refractivity contribution in [1.29, 1.82) is 0 Å². The van der Waals surface area contributed by atoms with Crippen LogP contribution in [-0.4, -0.2) is 13.4 Å². The average molecular weight is 346 g/mol. The number of nitrogens with one attached hydrogen (secondary N) is 1. The number of rotatable bonds is 5. The van der Waals surface area contributed by atoms with Gasteiger partial charge < -0.3 is 0 Å². The molecule has 1 heterocycles. The maximum Gasteiger partial charge on any atom is 0.261 e. The lowest BCUT2D eigenvalue weighted by Gasteiger charge is -2.08. The zero-order chi connectivity index (χ0) is 16.4. The van der Waals surface area contributed by atoms with E-state index >= 15 is 0 Å². The normalized spacial score (nSPS) is 11.7. The van der Waals surface area contributed by atoms with Gasteiger partial charge in [0.25, 0.3) is 10.0 Å². The summed E-state index contributed by atoms with van der Waals surface area (Å²) < 4.78 is 28.6. The van der Waals surface area contributed by atoms with E-state index in [4.69, 9.17) is 0 Å². The molecule has 0 aliphatic heterocycles. The number of nitrogens with zero attached hydrogens (tertiary/aromatic N) is 1. The summed E-state index contributed by atoms with van der Waals surface area (Å²) in [6, 6.07) is 12.4. The van der Waals surface area contributed by atoms with Crippen LogP contribution in [0.15, 0.2) is 47.4 Å². The first kappa shape index (κ1) is 16.0. The van der Waals surface area contributed by atoms with Crippen molar-refractivity contribution < 1.29 is 8.42 Å². The molecule has 1 aromatic heterocycles. The molecule has 0 saturated heterocycles. The Balaban J connectivity index is 1.86. The molecule has 0 aliphatic carbocycles. The van der Waals surface area contributed by atoms with Crippen molar-refractivity contribution >= 4 is 37.3 Å². The lowest BCUT2D eigenvalue weighted by atomic mass is 10.1. The summed E-state index contributed by atoms with van der Waals surface area (Å²) >= 11 is 1.55. The number of hydrogen-bond acceptors (Lipinski definition) is 4. The Labute approximate surface area is 140 Å². The largest absolute Gasteiger partial charge is 0.280 e. The highest BCUT2D eigenvalue weighted by Gasteiger charge is 2.14. The fraction of sp³-hybridized carbons (Fsp3) is 0.235. The molecule has 0 amide bonds. The quantitative estimate of drug-likeness (QED) is 0.747. The molecule has 23 heavy (non-hydrogen) atoms. The van der Waals surface area contributed by atoms with Crippen LogP contribution in [0.4, 0.5) is 5.69 Å². The highest BCUT2D eigenvalue weighted by Crippen LogP contribution is 2.26. The summed E-state index contributed by atoms with van der Waals surface area (Å²) in [5.41, 5.74) is 2.59. The highest BCUT2D eigenvalue weighted by molar-refractivity contribution is 7.92. The molecule has 0 aliphatic rings. The Bertz CT molecular complexity index is 929. The number of thiazole rings is 1. The SMILES string of the molecule is CCCc1ccc(S(=O)(=O)Nc2ccc3nc(C)sc3c2)cc1. The molecule has 0 radical (unpaired) electrons. The summed E-state index contributed by atoms with van der Waals surface area (Å²) in [6.07, 6.45) is 1.99. The van der Waals surface area contributed by atoms with Crippen LogP contribution in [0.25, 0.3) is 10.2 Å². The van der Waals surface area contributed by atoms with Gasteiger partial charge in [0.1, 0.15) is 0 Å². The Morgan fingerprint density at radius 2 is 1.87 bits per heavy atom. The van der Waals surface area contributed by atoms with Gasteiger partial charge in [-0.25, -0.2) is 13.4 Å². The van der Waals surface area contributed by atoms with Gasteiger partial charge in [-0.3, -0.25) is 4.72 Å². The van der Waals surface area contributed by atoms with Crippen molar-refractivity contribution in [1.82, 2.24) is 4.98 Å². The fourth-order valence-electron chi connectivity index (χ4n) is 2.44. The van der Waals surface area contributed by atoms with Gasteiger partial charge in [-0.15, -0.1) is 11.3 Å². The molecule has 0 unspecified atom stereocenters. The van der Waals surface area contributed by atoms with E-state index < -0.39 is 10.0 Å². The molecule has 6 heteroatoms. The van der Waals surface area contributed by atoms with Crippen molar-refractivity contribution in [2.24, 2.45) is 0 Å². The number of aromatic nitrogens is 1. The van der Waals surface area contributed by atoms with Crippen LogP contribution in [-0.2, 0) is 16.4 Å². The third-order valence-corrected chi connectivity index (χ3v) is 5.85. The first-order valence-corrected chi connectivity index (χ1v) is 9.77. The average Bonchev–Trinajstić information content (AvgIpc) is 2.87. The van der Waals surface area contributed by atoms with E-state index in [1.807, 2.05) is 31.2 Å². The van der Waals surface area contributed by atoms with Crippen molar-refractivity contribution in [3.05, 3.63) is 53.0 Å². The second-order valence-electron chi connectivity index (χ2n) is 5.41. The van der Waals surface area contributed by atoms with E-state index in [2.05, 4.69) is 16.6 Å². The topological polar surface area (TPSA) is 59.1 Å². The van der Waals surface area contributed by atoms with Crippen LogP contribution >= 0.6 is 11.3 Å². The van der Waals surface area contributed by atoms with Gasteiger partial charge in [0, 0.05) is 0 Å². The van der Waals surface area contributed by atoms with E-state index in [-0.39, 0.29) is 4.90 Å². The zero-order valence-corrected chi connectivity index (χ0v) is 14.7. The lowest BCUT2D eigenvalue weighted by molar-refractivity contribution is 0.601. The maximum absolute atomic E-state index is 12.5. The molecular formula is C17H18N2O2S2. The van der Waals surface area contributed by atoms with E-state index in [9.17, 15) is 8.42 Å². The minimum atomic E-state index is -3.57. The molecule has 0 saturated carbocycles. The molecule has 1 N–H and O–H groups in total. The molecule has 0 atom stereocenters. The smallest absolute Gasteiger partial charge is 0.261 e. The summed E-state index contributed by atoms with van der Waals surface area (Å²) in [5, 5.41) is 0.964. The second kappa shape index (κ2) is 6.29. The molecule has 2 aromatic carbocycles. The fourth-order valence-corrected chi connectivity index (χ4v) is 4.36. The van der Waals surface area contributed by atoms with Crippen molar-refractivity contribution in [2.45, 2.75) is 31.6 Å². The predicted octanol–water partition coefficient (Wildman–Crippen LogP) is 4.36. The predicted molar refractivity (Wildman–Crippen MR) is 95.6 cm³/mol. The van der Waals surface area contributed by atoms with Gasteiger partial charge in [-0.1, -0.05) is 25.5 Å². The number of anilines is 1. The monoisotopic (exact) mass is 346 g/mol. The van der Waals surface area contributed by atoms with E-state index in [1.54, 1.807) is 29.5 Å². The zero-order valence-electron chi connectivity index (χ0n) is 13.0. The van der Waals surface area contributed by atoms with Crippen LogP contribution in [0.1, 0.15) is 23.9 Å². The Hall–Kier alpha value is -1.92. The lowest BCUT2D eigenvalue weighted by Crippen LogP contribution is -2.12. The minimum absolute atomic E-state index is 0.276. The number of aryl methyl sites for hydroxylation is 2. The number of fused-ring (bicyclic) bond motifs is 1. The molecule has 4 nitrogen and oxygen atoms in total. The van der Waals surface area contributed by atoms with Crippen molar-refractivity contribution in [3.63, 3.8) is 0 Å². The third kappa shape index (κ3) is 3.54. The third-order valence-electron chi connectivity index (χ3n) is 3.52. The molecule has 3 aromatic rings. The Morgan fingerprint density at radius 3 is 2.57 bits per heavy atom. The van der Waals surface area contributed by atoms with Gasteiger partial charge in [0.2, 0.25) is 0 Å². The standard InChI is InChI=1S/C17H18N2O2S2/c1-3-4-13-5-8-15(9-6-13)23(20,21)19-14-7-10-16-17(11-14)22-12(2)18-16/h5-11,19H,3-4H2,1-2H3. The van der Waals surface area contributed by atoms with Gasteiger partial charge in [0.05, 0.1) is 25.8 Å². The van der Waals surface area contributed by atoms with E-state index in [0.717, 1.165) is 33.6 Å². The second-order valence-corrected chi connectivity index (χ2v) is 8.33. The summed E-state index contributed by atoms with van der Waals surface area (Å²) in [6.45, 7) is 4.04. The highest BCUT2D eigenvalue weighted by atomic mass is 32.2. The summed E-state index contributed by atoms with van der Waals surface area (Å²) in [4.78, 5) is 4.65. The maximum atomic E-state index is 12.5. The molecule has 3 rings (SSSR count). The van der Waals surface area contributed by atoms with Crippen molar-refractivity contribution in [3.8, 4) is 0 Å². The van der Waals surface area contributed by atoms with E-state index in [0.29, 0.717) is 5.69 Å². The van der Waals surface area contributed by atoms with Crippen LogP contribution in [0.3, 0.4) is 0 Å². The Kier molecular flexibility index (Phi) is 4.37. The van der Waals surface area contributed by atoms with Crippen LogP contribution < -0.4 is 4.72 Å². The van der Waals surface area contributed by atoms with Crippen molar-refractivity contribution in [2.75, 3.05) is 4.72 Å². The summed E-state index contributed by atoms with van der Waals surface area (Å²) in [7, 11) is -3.57. The van der Waals surface area contributed by atoms with Gasteiger partial charge in [-0.2, -0.15) is 0 Å². The van der Waals surface area contributed by atoms with Crippen LogP contribution in [0, 0.1) is 6.92 Å². The molecule has 0 spiro atoms. The molecule has 120 valence electrons. The van der Waals surface area contributed by atoms with Crippen LogP contribution in [0.2, 0.25) is 0 Å². The molecule has 0 bridgehead atoms. The first-order chi connectivity index (χ1) is 11.0. The number of benzene rings is 2. The number of sulfonamides is 1. The molecule has 0 fully saturated rings. The van der Waals surface area contributed by atoms with E-state index in [1.165, 1.54) is 0 Å². The van der Waals surface area contributed by atoms with Gasteiger partial charge >= 0.3 is 0 Å². The minimum Gasteiger partial charge on any atom is -0.280 e.